The Bertz CT molecular complexity index is 603. The van der Waals surface area contributed by atoms with E-state index in [1.54, 1.807) is 18.0 Å². The quantitative estimate of drug-likeness (QED) is 0.810. The molecule has 0 radical (unpaired) electrons. The van der Waals surface area contributed by atoms with Crippen LogP contribution in [0.5, 0.6) is 0 Å². The van der Waals surface area contributed by atoms with Gasteiger partial charge in [0, 0.05) is 35.2 Å². The van der Waals surface area contributed by atoms with Crippen LogP contribution in [0.15, 0.2) is 53.7 Å². The van der Waals surface area contributed by atoms with E-state index in [-0.39, 0.29) is 11.3 Å². The molecule has 0 aliphatic carbocycles. The predicted octanol–water partition coefficient (Wildman–Crippen LogP) is 4.75. The molecular weight excluding hydrogens is 292 g/mol. The van der Waals surface area contributed by atoms with Crippen molar-refractivity contribution in [2.45, 2.75) is 37.8 Å². The third-order valence-corrected chi connectivity index (χ3v) is 4.04. The first-order valence-corrected chi connectivity index (χ1v) is 8.32. The maximum Gasteiger partial charge on any atom is 0.224 e. The molecule has 1 aromatic carbocycles. The Kier molecular flexibility index (Phi) is 5.61. The van der Waals surface area contributed by atoms with Gasteiger partial charge < -0.3 is 5.32 Å². The summed E-state index contributed by atoms with van der Waals surface area (Å²) in [6, 6.07) is 12.0. The monoisotopic (exact) mass is 314 g/mol. The molecule has 1 amide bonds. The fraction of sp³-hybridized carbons (Fsp3) is 0.333. The molecule has 0 spiro atoms. The van der Waals surface area contributed by atoms with Crippen molar-refractivity contribution >= 4 is 23.4 Å². The van der Waals surface area contributed by atoms with Gasteiger partial charge in [-0.15, -0.1) is 11.8 Å². The number of carbonyl (C=O) groups excluding carboxylic acids is 1. The Morgan fingerprint density at radius 2 is 1.91 bits per heavy atom. The predicted molar refractivity (Wildman–Crippen MR) is 92.9 cm³/mol. The summed E-state index contributed by atoms with van der Waals surface area (Å²) >= 11 is 1.76. The summed E-state index contributed by atoms with van der Waals surface area (Å²) < 4.78 is 0. The maximum absolute atomic E-state index is 11.9. The lowest BCUT2D eigenvalue weighted by molar-refractivity contribution is -0.117. The zero-order chi connectivity index (χ0) is 16.0. The Morgan fingerprint density at radius 1 is 1.18 bits per heavy atom. The number of amides is 1. The van der Waals surface area contributed by atoms with E-state index in [1.165, 1.54) is 10.5 Å². The molecule has 116 valence electrons. The van der Waals surface area contributed by atoms with E-state index < -0.39 is 0 Å². The molecule has 0 aliphatic rings. The number of hydrogen-bond acceptors (Lipinski definition) is 3. The summed E-state index contributed by atoms with van der Waals surface area (Å²) in [4.78, 5) is 17.2. The highest BCUT2D eigenvalue weighted by atomic mass is 32.2. The number of hydrogen-bond donors (Lipinski definition) is 1. The Morgan fingerprint density at radius 3 is 2.50 bits per heavy atom. The molecule has 3 nitrogen and oxygen atoms in total. The minimum absolute atomic E-state index is 0.00357. The molecule has 2 aromatic rings. The summed E-state index contributed by atoms with van der Waals surface area (Å²) in [6.07, 6.45) is 4.18. The number of thioether (sulfide) groups is 1. The minimum atomic E-state index is 0.00357. The summed E-state index contributed by atoms with van der Waals surface area (Å²) in [5, 5.41) is 2.94. The van der Waals surface area contributed by atoms with E-state index in [9.17, 15) is 4.79 Å². The normalized spacial score (nSPS) is 11.2. The van der Waals surface area contributed by atoms with Crippen LogP contribution < -0.4 is 5.32 Å². The lowest BCUT2D eigenvalue weighted by Gasteiger charge is -2.17. The maximum atomic E-state index is 11.9. The van der Waals surface area contributed by atoms with Gasteiger partial charge in [0.2, 0.25) is 5.91 Å². The van der Waals surface area contributed by atoms with E-state index >= 15 is 0 Å². The summed E-state index contributed by atoms with van der Waals surface area (Å²) in [7, 11) is 0. The van der Waals surface area contributed by atoms with Gasteiger partial charge in [-0.2, -0.15) is 0 Å². The highest BCUT2D eigenvalue weighted by molar-refractivity contribution is 7.98. The van der Waals surface area contributed by atoms with Gasteiger partial charge in [-0.05, 0) is 41.3 Å². The number of carbonyl (C=O) groups is 1. The Labute approximate surface area is 136 Å². The van der Waals surface area contributed by atoms with Crippen LogP contribution in [0.25, 0.3) is 0 Å². The van der Waals surface area contributed by atoms with Gasteiger partial charge in [0.05, 0.1) is 0 Å². The topological polar surface area (TPSA) is 42.0 Å². The second-order valence-electron chi connectivity index (χ2n) is 6.46. The average Bonchev–Trinajstić information content (AvgIpc) is 2.45. The average molecular weight is 314 g/mol. The highest BCUT2D eigenvalue weighted by Gasteiger charge is 2.15. The van der Waals surface area contributed by atoms with Crippen LogP contribution in [0.4, 0.5) is 5.69 Å². The zero-order valence-electron chi connectivity index (χ0n) is 13.3. The van der Waals surface area contributed by atoms with Crippen molar-refractivity contribution < 1.29 is 4.79 Å². The number of anilines is 1. The number of pyridine rings is 1. The fourth-order valence-corrected chi connectivity index (χ4v) is 2.80. The molecule has 0 unspecified atom stereocenters. The standard InChI is InChI=1S/C18H22N2OS/c1-18(2,3)11-17(21)20-15-6-8-16(9-7-15)22-13-14-5-4-10-19-12-14/h4-10,12H,11,13H2,1-3H3,(H,20,21). The largest absolute Gasteiger partial charge is 0.326 e. The van der Waals surface area contributed by atoms with Gasteiger partial charge in [0.15, 0.2) is 0 Å². The smallest absolute Gasteiger partial charge is 0.224 e. The summed E-state index contributed by atoms with van der Waals surface area (Å²) in [6.45, 7) is 6.18. The summed E-state index contributed by atoms with van der Waals surface area (Å²) in [5.41, 5.74) is 2.05. The minimum Gasteiger partial charge on any atom is -0.326 e. The van der Waals surface area contributed by atoms with Crippen LogP contribution in [0.2, 0.25) is 0 Å². The second-order valence-corrected chi connectivity index (χ2v) is 7.51. The van der Waals surface area contributed by atoms with Crippen LogP contribution in [-0.4, -0.2) is 10.9 Å². The third kappa shape index (κ3) is 5.90. The van der Waals surface area contributed by atoms with E-state index in [0.717, 1.165) is 11.4 Å². The Balaban J connectivity index is 1.86. The number of aromatic nitrogens is 1. The summed E-state index contributed by atoms with van der Waals surface area (Å²) in [5.74, 6) is 0.951. The highest BCUT2D eigenvalue weighted by Crippen LogP contribution is 2.24. The van der Waals surface area contributed by atoms with E-state index in [2.05, 4.69) is 37.1 Å². The number of benzene rings is 1. The lowest BCUT2D eigenvalue weighted by atomic mass is 9.92. The van der Waals surface area contributed by atoms with E-state index in [4.69, 9.17) is 0 Å². The van der Waals surface area contributed by atoms with Crippen LogP contribution >= 0.6 is 11.8 Å². The first-order valence-electron chi connectivity index (χ1n) is 7.34. The number of rotatable bonds is 5. The van der Waals surface area contributed by atoms with Gasteiger partial charge >= 0.3 is 0 Å². The molecule has 1 heterocycles. The van der Waals surface area contributed by atoms with Gasteiger partial charge in [0.1, 0.15) is 0 Å². The SMILES string of the molecule is CC(C)(C)CC(=O)Nc1ccc(SCc2cccnc2)cc1. The molecule has 1 aromatic heterocycles. The zero-order valence-corrected chi connectivity index (χ0v) is 14.1. The van der Waals surface area contributed by atoms with Gasteiger partial charge in [-0.3, -0.25) is 9.78 Å². The molecule has 4 heteroatoms. The molecule has 0 fully saturated rings. The van der Waals surface area contributed by atoms with Crippen LogP contribution in [0, 0.1) is 5.41 Å². The van der Waals surface area contributed by atoms with Gasteiger partial charge in [-0.25, -0.2) is 0 Å². The van der Waals surface area contributed by atoms with Crippen molar-refractivity contribution in [3.8, 4) is 0 Å². The Hall–Kier alpha value is -1.81. The third-order valence-electron chi connectivity index (χ3n) is 2.96. The molecule has 22 heavy (non-hydrogen) atoms. The molecule has 2 rings (SSSR count). The van der Waals surface area contributed by atoms with Crippen LogP contribution in [0.3, 0.4) is 0 Å². The van der Waals surface area contributed by atoms with Crippen molar-refractivity contribution in [3.63, 3.8) is 0 Å². The molecular formula is C18H22N2OS. The first kappa shape index (κ1) is 16.6. The van der Waals surface area contributed by atoms with Gasteiger partial charge in [-0.1, -0.05) is 26.8 Å². The van der Waals surface area contributed by atoms with E-state index in [1.807, 2.05) is 36.5 Å². The van der Waals surface area contributed by atoms with E-state index in [0.29, 0.717) is 6.42 Å². The fourth-order valence-electron chi connectivity index (χ4n) is 1.97. The van der Waals surface area contributed by atoms with Gasteiger partial charge in [0.25, 0.3) is 0 Å². The van der Waals surface area contributed by atoms with Crippen LogP contribution in [0.1, 0.15) is 32.8 Å². The molecule has 0 saturated heterocycles. The molecule has 1 N–H and O–H groups in total. The number of nitrogens with one attached hydrogen (secondary N) is 1. The first-order chi connectivity index (χ1) is 10.4. The van der Waals surface area contributed by atoms with Crippen molar-refractivity contribution in [2.24, 2.45) is 5.41 Å². The molecule has 0 aliphatic heterocycles. The molecule has 0 saturated carbocycles. The molecule has 0 bridgehead atoms. The number of nitrogens with zero attached hydrogens (tertiary/aromatic N) is 1. The van der Waals surface area contributed by atoms with Crippen molar-refractivity contribution in [1.82, 2.24) is 4.98 Å². The lowest BCUT2D eigenvalue weighted by Crippen LogP contribution is -2.19. The van der Waals surface area contributed by atoms with Crippen molar-refractivity contribution in [3.05, 3.63) is 54.4 Å². The van der Waals surface area contributed by atoms with Crippen molar-refractivity contribution in [2.75, 3.05) is 5.32 Å². The second kappa shape index (κ2) is 7.45. The van der Waals surface area contributed by atoms with Crippen molar-refractivity contribution in [1.29, 1.82) is 0 Å². The molecule has 0 atom stereocenters. The van der Waals surface area contributed by atoms with Crippen LogP contribution in [-0.2, 0) is 10.5 Å².